The Hall–Kier alpha value is -1.54. The monoisotopic (exact) mass is 311 g/mol. The zero-order valence-electron chi connectivity index (χ0n) is 13.8. The van der Waals surface area contributed by atoms with Crippen molar-refractivity contribution >= 4 is 16.8 Å². The lowest BCUT2D eigenvalue weighted by molar-refractivity contribution is 0.509. The Balaban J connectivity index is 2.48. The van der Waals surface area contributed by atoms with Gasteiger partial charge in [0.25, 0.3) is 0 Å². The molecular formula is C20H25NS. The van der Waals surface area contributed by atoms with Crippen LogP contribution in [0, 0.1) is 5.41 Å². The molecule has 1 nitrogen and oxygen atoms in total. The van der Waals surface area contributed by atoms with Crippen LogP contribution in [0.1, 0.15) is 33.6 Å². The highest BCUT2D eigenvalue weighted by molar-refractivity contribution is 8.13. The molecule has 2 rings (SSSR count). The zero-order chi connectivity index (χ0) is 16.0. The second kappa shape index (κ2) is 7.64. The maximum Gasteiger partial charge on any atom is 0.0780 e. The molecule has 0 fully saturated rings. The fraction of sp³-hybridized carbons (Fsp3) is 0.350. The van der Waals surface area contributed by atoms with E-state index in [1.54, 1.807) is 0 Å². The summed E-state index contributed by atoms with van der Waals surface area (Å²) in [6.45, 7) is 10.4. The Morgan fingerprint density at radius 3 is 2.86 bits per heavy atom. The van der Waals surface area contributed by atoms with Gasteiger partial charge in [-0.25, -0.2) is 4.99 Å². The Morgan fingerprint density at radius 1 is 1.45 bits per heavy atom. The predicted molar refractivity (Wildman–Crippen MR) is 101 cm³/mol. The molecule has 0 amide bonds. The zero-order valence-corrected chi connectivity index (χ0v) is 14.6. The molecule has 0 aromatic carbocycles. The van der Waals surface area contributed by atoms with E-state index in [1.165, 1.54) is 10.6 Å². The molecule has 0 spiro atoms. The number of aliphatic imine (C=N–C) groups is 1. The van der Waals surface area contributed by atoms with E-state index in [1.807, 2.05) is 24.8 Å². The summed E-state index contributed by atoms with van der Waals surface area (Å²) in [5.41, 5.74) is 3.78. The van der Waals surface area contributed by atoms with Crippen LogP contribution < -0.4 is 0 Å². The maximum atomic E-state index is 4.95. The van der Waals surface area contributed by atoms with Crippen molar-refractivity contribution in [3.05, 3.63) is 72.0 Å². The lowest BCUT2D eigenvalue weighted by Gasteiger charge is -2.29. The predicted octanol–water partition coefficient (Wildman–Crippen LogP) is 6.01. The first kappa shape index (κ1) is 16.8. The first-order valence-electron chi connectivity index (χ1n) is 7.88. The lowest BCUT2D eigenvalue weighted by atomic mass is 9.74. The molecule has 1 aliphatic heterocycles. The van der Waals surface area contributed by atoms with Crippen molar-refractivity contribution in [1.29, 1.82) is 0 Å². The normalized spacial score (nSPS) is 25.2. The molecule has 1 unspecified atom stereocenters. The molecule has 1 aliphatic carbocycles. The highest BCUT2D eigenvalue weighted by atomic mass is 32.2. The van der Waals surface area contributed by atoms with Gasteiger partial charge in [-0.15, -0.1) is 11.8 Å². The minimum atomic E-state index is 0.0610. The van der Waals surface area contributed by atoms with E-state index < -0.39 is 0 Å². The van der Waals surface area contributed by atoms with Gasteiger partial charge in [0.1, 0.15) is 0 Å². The van der Waals surface area contributed by atoms with Gasteiger partial charge in [-0.2, -0.15) is 0 Å². The van der Waals surface area contributed by atoms with Gasteiger partial charge in [-0.1, -0.05) is 69.0 Å². The molecule has 2 aliphatic rings. The average Bonchev–Trinajstić information content (AvgIpc) is 2.93. The van der Waals surface area contributed by atoms with Crippen LogP contribution >= 0.6 is 11.8 Å². The van der Waals surface area contributed by atoms with Crippen LogP contribution in [0.3, 0.4) is 0 Å². The van der Waals surface area contributed by atoms with Gasteiger partial charge >= 0.3 is 0 Å². The molecule has 0 aromatic rings. The van der Waals surface area contributed by atoms with E-state index >= 15 is 0 Å². The molecule has 1 heterocycles. The van der Waals surface area contributed by atoms with Gasteiger partial charge in [0.15, 0.2) is 0 Å². The molecule has 0 saturated carbocycles. The van der Waals surface area contributed by atoms with Crippen LogP contribution in [-0.2, 0) is 0 Å². The Morgan fingerprint density at radius 2 is 2.27 bits per heavy atom. The highest BCUT2D eigenvalue weighted by Gasteiger charge is 2.33. The molecule has 0 N–H and O–H groups in total. The largest absolute Gasteiger partial charge is 0.246 e. The van der Waals surface area contributed by atoms with Gasteiger partial charge < -0.3 is 0 Å². The summed E-state index contributed by atoms with van der Waals surface area (Å²) >= 11 is 1.85. The van der Waals surface area contributed by atoms with E-state index in [0.29, 0.717) is 0 Å². The Kier molecular flexibility index (Phi) is 5.84. The quantitative estimate of drug-likeness (QED) is 0.567. The summed E-state index contributed by atoms with van der Waals surface area (Å²) < 4.78 is 0. The van der Waals surface area contributed by atoms with Crippen molar-refractivity contribution in [2.75, 3.05) is 5.75 Å². The second-order valence-corrected chi connectivity index (χ2v) is 7.05. The number of allylic oxidation sites excluding steroid dienone is 9. The molecule has 0 aromatic heterocycles. The van der Waals surface area contributed by atoms with Crippen LogP contribution in [0.5, 0.6) is 0 Å². The molecule has 0 radical (unpaired) electrons. The van der Waals surface area contributed by atoms with E-state index in [-0.39, 0.29) is 5.41 Å². The van der Waals surface area contributed by atoms with Gasteiger partial charge in [-0.05, 0) is 30.2 Å². The number of hydrogen-bond acceptors (Lipinski definition) is 2. The minimum absolute atomic E-state index is 0.0610. The summed E-state index contributed by atoms with van der Waals surface area (Å²) in [6.07, 6.45) is 19.0. The van der Waals surface area contributed by atoms with E-state index in [9.17, 15) is 0 Å². The van der Waals surface area contributed by atoms with E-state index in [4.69, 9.17) is 4.99 Å². The molecule has 0 bridgehead atoms. The van der Waals surface area contributed by atoms with Gasteiger partial charge in [-0.3, -0.25) is 0 Å². The molecular weight excluding hydrogens is 286 g/mol. The topological polar surface area (TPSA) is 12.4 Å². The van der Waals surface area contributed by atoms with Crippen LogP contribution in [-0.4, -0.2) is 10.8 Å². The van der Waals surface area contributed by atoms with Gasteiger partial charge in [0, 0.05) is 11.8 Å². The van der Waals surface area contributed by atoms with E-state index in [0.717, 1.165) is 29.9 Å². The van der Waals surface area contributed by atoms with Crippen molar-refractivity contribution in [3.63, 3.8) is 0 Å². The van der Waals surface area contributed by atoms with Crippen molar-refractivity contribution in [1.82, 2.24) is 0 Å². The standard InChI is InChI=1S/C20H25NS/c1-5-11-16(12-6-2)19-17(15-18(21-19)22-7-3)20(4)13-9-8-10-14-20/h5-6,8-13H,1,7,14-15H2,2-4H3/b12-6-,16-11+. The van der Waals surface area contributed by atoms with E-state index in [2.05, 4.69) is 63.0 Å². The van der Waals surface area contributed by atoms with Gasteiger partial charge in [0.05, 0.1) is 10.7 Å². The second-order valence-electron chi connectivity index (χ2n) is 5.71. The molecule has 2 heteroatoms. The summed E-state index contributed by atoms with van der Waals surface area (Å²) in [7, 11) is 0. The summed E-state index contributed by atoms with van der Waals surface area (Å²) in [6, 6.07) is 0. The van der Waals surface area contributed by atoms with Crippen LogP contribution in [0.2, 0.25) is 0 Å². The third-order valence-electron chi connectivity index (χ3n) is 4.02. The smallest absolute Gasteiger partial charge is 0.0780 e. The van der Waals surface area contributed by atoms with Crippen molar-refractivity contribution in [2.24, 2.45) is 10.4 Å². The highest BCUT2D eigenvalue weighted by Crippen LogP contribution is 2.45. The number of hydrogen-bond donors (Lipinski definition) is 0. The molecule has 116 valence electrons. The summed E-state index contributed by atoms with van der Waals surface area (Å²) in [4.78, 5) is 4.95. The number of thioether (sulfide) groups is 1. The SMILES string of the molecule is C=C/C=C(\C=C/C)C1=C(C2(C)C=CC=CC2)CC(SCC)=N1. The summed E-state index contributed by atoms with van der Waals surface area (Å²) in [5, 5.41) is 1.23. The first-order valence-corrected chi connectivity index (χ1v) is 8.87. The number of rotatable bonds is 5. The maximum absolute atomic E-state index is 4.95. The van der Waals surface area contributed by atoms with Gasteiger partial charge in [0.2, 0.25) is 0 Å². The molecule has 22 heavy (non-hydrogen) atoms. The number of nitrogens with zero attached hydrogens (tertiary/aromatic N) is 1. The van der Waals surface area contributed by atoms with Crippen LogP contribution in [0.15, 0.2) is 77.0 Å². The Bertz CT molecular complexity index is 614. The minimum Gasteiger partial charge on any atom is -0.246 e. The van der Waals surface area contributed by atoms with Crippen LogP contribution in [0.25, 0.3) is 0 Å². The fourth-order valence-electron chi connectivity index (χ4n) is 2.90. The summed E-state index contributed by atoms with van der Waals surface area (Å²) in [5.74, 6) is 1.07. The van der Waals surface area contributed by atoms with Crippen molar-refractivity contribution in [3.8, 4) is 0 Å². The average molecular weight is 311 g/mol. The first-order chi connectivity index (χ1) is 10.6. The molecule has 1 atom stereocenters. The third kappa shape index (κ3) is 3.61. The molecule has 0 saturated heterocycles. The Labute approximate surface area is 139 Å². The van der Waals surface area contributed by atoms with Crippen molar-refractivity contribution < 1.29 is 0 Å². The van der Waals surface area contributed by atoms with Crippen molar-refractivity contribution in [2.45, 2.75) is 33.6 Å². The lowest BCUT2D eigenvalue weighted by Crippen LogP contribution is -2.18. The third-order valence-corrected chi connectivity index (χ3v) is 4.88. The van der Waals surface area contributed by atoms with Crippen LogP contribution in [0.4, 0.5) is 0 Å². The fourth-order valence-corrected chi connectivity index (χ4v) is 3.63.